The largest absolute Gasteiger partial charge is 0.466 e. The fourth-order valence-electron chi connectivity index (χ4n) is 2.47. The van der Waals surface area contributed by atoms with E-state index in [2.05, 4.69) is 14.9 Å². The highest BCUT2D eigenvalue weighted by atomic mass is 32.1. The number of ether oxygens (including phenoxy) is 1. The summed E-state index contributed by atoms with van der Waals surface area (Å²) in [7, 11) is 0. The van der Waals surface area contributed by atoms with E-state index in [4.69, 9.17) is 4.74 Å². The number of hydrogen-bond donors (Lipinski definition) is 0. The van der Waals surface area contributed by atoms with Crippen molar-refractivity contribution in [1.82, 2.24) is 9.97 Å². The molecule has 0 aliphatic carbocycles. The van der Waals surface area contributed by atoms with Crippen LogP contribution in [-0.4, -0.2) is 29.1 Å². The fraction of sp³-hybridized carbons (Fsp3) is 0.500. The van der Waals surface area contributed by atoms with Gasteiger partial charge in [0, 0.05) is 30.7 Å². The molecular weight excluding hydrogens is 322 g/mol. The minimum atomic E-state index is -0.0809. The molecule has 0 bridgehead atoms. The Morgan fingerprint density at radius 3 is 2.67 bits per heavy atom. The molecule has 0 spiro atoms. The minimum absolute atomic E-state index is 0.0809. The quantitative estimate of drug-likeness (QED) is 0.440. The molecule has 0 radical (unpaired) electrons. The number of pyridine rings is 1. The van der Waals surface area contributed by atoms with Gasteiger partial charge in [0.15, 0.2) is 5.13 Å². The number of rotatable bonds is 11. The van der Waals surface area contributed by atoms with Gasteiger partial charge >= 0.3 is 5.97 Å². The van der Waals surface area contributed by atoms with Crippen molar-refractivity contribution < 1.29 is 9.53 Å². The van der Waals surface area contributed by atoms with Crippen LogP contribution in [0.25, 0.3) is 0 Å². The highest BCUT2D eigenvalue weighted by Gasteiger charge is 2.12. The summed E-state index contributed by atoms with van der Waals surface area (Å²) in [6, 6.07) is 5.94. The third kappa shape index (κ3) is 6.28. The van der Waals surface area contributed by atoms with E-state index >= 15 is 0 Å². The molecule has 0 fully saturated rings. The molecule has 0 amide bonds. The first-order valence-electron chi connectivity index (χ1n) is 8.55. The number of hydrogen-bond acceptors (Lipinski definition) is 6. The third-order valence-electron chi connectivity index (χ3n) is 3.64. The maximum absolute atomic E-state index is 11.3. The second-order valence-electron chi connectivity index (χ2n) is 5.48. The van der Waals surface area contributed by atoms with E-state index < -0.39 is 0 Å². The lowest BCUT2D eigenvalue weighted by Crippen LogP contribution is -2.19. The molecule has 2 aromatic rings. The molecule has 0 aromatic carbocycles. The fourth-order valence-corrected chi connectivity index (χ4v) is 3.15. The van der Waals surface area contributed by atoms with Gasteiger partial charge < -0.3 is 9.64 Å². The maximum Gasteiger partial charge on any atom is 0.305 e. The van der Waals surface area contributed by atoms with Crippen LogP contribution in [0.3, 0.4) is 0 Å². The Kier molecular flexibility index (Phi) is 8.24. The molecular formula is C18H25N3O2S. The first-order chi connectivity index (χ1) is 11.8. The number of anilines is 2. The van der Waals surface area contributed by atoms with Crippen LogP contribution < -0.4 is 4.90 Å². The lowest BCUT2D eigenvalue weighted by Gasteiger charge is -2.20. The van der Waals surface area contributed by atoms with E-state index in [1.54, 1.807) is 11.3 Å². The summed E-state index contributed by atoms with van der Waals surface area (Å²) in [6.45, 7) is 3.22. The van der Waals surface area contributed by atoms with Crippen molar-refractivity contribution in [1.29, 1.82) is 0 Å². The van der Waals surface area contributed by atoms with E-state index in [0.717, 1.165) is 49.6 Å². The second-order valence-corrected chi connectivity index (χ2v) is 6.35. The summed E-state index contributed by atoms with van der Waals surface area (Å²) in [4.78, 5) is 22.3. The first kappa shape index (κ1) is 18.4. The third-order valence-corrected chi connectivity index (χ3v) is 4.44. The van der Waals surface area contributed by atoms with Crippen molar-refractivity contribution in [2.75, 3.05) is 18.1 Å². The van der Waals surface area contributed by atoms with Crippen LogP contribution in [0.15, 0.2) is 36.0 Å². The van der Waals surface area contributed by atoms with Gasteiger partial charge in [0.1, 0.15) is 5.82 Å². The molecule has 0 unspecified atom stereocenters. The zero-order valence-electron chi connectivity index (χ0n) is 14.2. The van der Waals surface area contributed by atoms with Crippen molar-refractivity contribution in [3.8, 4) is 0 Å². The van der Waals surface area contributed by atoms with E-state index in [1.165, 1.54) is 0 Å². The SMILES string of the molecule is CCOC(=O)CCCCCCCN(c1ccccn1)c1nccs1. The molecule has 0 aliphatic heterocycles. The number of unbranched alkanes of at least 4 members (excludes halogenated alkanes) is 4. The van der Waals surface area contributed by atoms with Crippen molar-refractivity contribution in [3.05, 3.63) is 36.0 Å². The summed E-state index contributed by atoms with van der Waals surface area (Å²) in [6.07, 6.45) is 9.50. The number of thiazole rings is 1. The number of aromatic nitrogens is 2. The Morgan fingerprint density at radius 1 is 1.12 bits per heavy atom. The summed E-state index contributed by atoms with van der Waals surface area (Å²) in [5, 5.41) is 2.97. The van der Waals surface area contributed by atoms with Crippen LogP contribution in [0.4, 0.5) is 10.9 Å². The van der Waals surface area contributed by atoms with Crippen LogP contribution in [-0.2, 0) is 9.53 Å². The van der Waals surface area contributed by atoms with Gasteiger partial charge in [-0.25, -0.2) is 9.97 Å². The molecule has 0 aliphatic rings. The van der Waals surface area contributed by atoms with Gasteiger partial charge in [-0.2, -0.15) is 0 Å². The van der Waals surface area contributed by atoms with Crippen LogP contribution >= 0.6 is 11.3 Å². The molecule has 0 atom stereocenters. The smallest absolute Gasteiger partial charge is 0.305 e. The lowest BCUT2D eigenvalue weighted by molar-refractivity contribution is -0.143. The van der Waals surface area contributed by atoms with E-state index in [9.17, 15) is 4.79 Å². The Labute approximate surface area is 147 Å². The van der Waals surface area contributed by atoms with E-state index in [-0.39, 0.29) is 5.97 Å². The summed E-state index contributed by atoms with van der Waals surface area (Å²) < 4.78 is 4.93. The Morgan fingerprint density at radius 2 is 1.96 bits per heavy atom. The van der Waals surface area contributed by atoms with Crippen LogP contribution in [0, 0.1) is 0 Å². The van der Waals surface area contributed by atoms with Gasteiger partial charge in [-0.15, -0.1) is 11.3 Å². The van der Waals surface area contributed by atoms with Gasteiger partial charge in [-0.05, 0) is 31.9 Å². The monoisotopic (exact) mass is 347 g/mol. The average molecular weight is 347 g/mol. The zero-order valence-corrected chi connectivity index (χ0v) is 15.0. The average Bonchev–Trinajstić information content (AvgIpc) is 3.12. The highest BCUT2D eigenvalue weighted by Crippen LogP contribution is 2.25. The highest BCUT2D eigenvalue weighted by molar-refractivity contribution is 7.13. The van der Waals surface area contributed by atoms with Crippen LogP contribution in [0.5, 0.6) is 0 Å². The van der Waals surface area contributed by atoms with Gasteiger partial charge in [-0.1, -0.05) is 25.3 Å². The van der Waals surface area contributed by atoms with Crippen LogP contribution in [0.1, 0.15) is 45.4 Å². The molecule has 6 heteroatoms. The van der Waals surface area contributed by atoms with Crippen molar-refractivity contribution in [3.63, 3.8) is 0 Å². The van der Waals surface area contributed by atoms with Gasteiger partial charge in [0.2, 0.25) is 0 Å². The maximum atomic E-state index is 11.3. The summed E-state index contributed by atoms with van der Waals surface area (Å²) in [5.74, 6) is 0.859. The molecule has 5 nitrogen and oxygen atoms in total. The first-order valence-corrected chi connectivity index (χ1v) is 9.43. The van der Waals surface area contributed by atoms with Gasteiger partial charge in [0.05, 0.1) is 6.61 Å². The van der Waals surface area contributed by atoms with Crippen molar-refractivity contribution in [2.24, 2.45) is 0 Å². The molecule has 0 N–H and O–H groups in total. The summed E-state index contributed by atoms with van der Waals surface area (Å²) >= 11 is 1.63. The van der Waals surface area contributed by atoms with E-state index in [0.29, 0.717) is 13.0 Å². The topological polar surface area (TPSA) is 55.3 Å². The predicted octanol–water partition coefficient (Wildman–Crippen LogP) is 4.58. The normalized spacial score (nSPS) is 10.5. The van der Waals surface area contributed by atoms with Crippen molar-refractivity contribution >= 4 is 28.3 Å². The molecule has 0 saturated heterocycles. The zero-order chi connectivity index (χ0) is 17.0. The number of carbonyl (C=O) groups is 1. The van der Waals surface area contributed by atoms with Crippen LogP contribution in [0.2, 0.25) is 0 Å². The molecule has 2 heterocycles. The lowest BCUT2D eigenvalue weighted by atomic mass is 10.1. The van der Waals surface area contributed by atoms with Crippen molar-refractivity contribution in [2.45, 2.75) is 45.4 Å². The minimum Gasteiger partial charge on any atom is -0.466 e. The Hall–Kier alpha value is -1.95. The summed E-state index contributed by atoms with van der Waals surface area (Å²) in [5.41, 5.74) is 0. The molecule has 0 saturated carbocycles. The molecule has 2 rings (SSSR count). The number of esters is 1. The second kappa shape index (κ2) is 10.8. The number of carbonyl (C=O) groups excluding carboxylic acids is 1. The molecule has 24 heavy (non-hydrogen) atoms. The molecule has 130 valence electrons. The standard InChI is InChI=1S/C18H25N3O2S/c1-2-23-17(22)11-6-4-3-5-9-14-21(18-20-13-15-24-18)16-10-7-8-12-19-16/h7-8,10,12-13,15H,2-6,9,11,14H2,1H3. The van der Waals surface area contributed by atoms with Gasteiger partial charge in [-0.3, -0.25) is 4.79 Å². The Bertz CT molecular complexity index is 575. The Balaban J connectivity index is 1.70. The van der Waals surface area contributed by atoms with Gasteiger partial charge in [0.25, 0.3) is 0 Å². The number of nitrogens with zero attached hydrogens (tertiary/aromatic N) is 3. The van der Waals surface area contributed by atoms with E-state index in [1.807, 2.05) is 42.9 Å². The predicted molar refractivity (Wildman–Crippen MR) is 97.7 cm³/mol. The molecule has 2 aromatic heterocycles.